The van der Waals surface area contributed by atoms with Crippen LogP contribution in [0.3, 0.4) is 0 Å². The van der Waals surface area contributed by atoms with Gasteiger partial charge < -0.3 is 5.32 Å². The summed E-state index contributed by atoms with van der Waals surface area (Å²) in [5.74, 6) is 0. The topological polar surface area (TPSA) is 29.9 Å². The number of rotatable bonds is 7. The van der Waals surface area contributed by atoms with Gasteiger partial charge in [0, 0.05) is 18.8 Å². The zero-order valence-electron chi connectivity index (χ0n) is 12.0. The Labute approximate surface area is 106 Å². The molecule has 1 N–H and O–H groups in total. The molecule has 0 radical (unpaired) electrons. The molecule has 0 fully saturated rings. The van der Waals surface area contributed by atoms with Crippen LogP contribution >= 0.6 is 0 Å². The van der Waals surface area contributed by atoms with Gasteiger partial charge in [0.2, 0.25) is 0 Å². The third kappa shape index (κ3) is 3.56. The summed E-state index contributed by atoms with van der Waals surface area (Å²) in [6.07, 6.45) is 3.31. The third-order valence-corrected chi connectivity index (χ3v) is 3.64. The van der Waals surface area contributed by atoms with E-state index in [2.05, 4.69) is 48.9 Å². The van der Waals surface area contributed by atoms with E-state index in [1.165, 1.54) is 17.8 Å². The van der Waals surface area contributed by atoms with Crippen molar-refractivity contribution in [2.24, 2.45) is 5.41 Å². The van der Waals surface area contributed by atoms with Crippen LogP contribution in [0.4, 0.5) is 0 Å². The van der Waals surface area contributed by atoms with Crippen LogP contribution in [0.25, 0.3) is 0 Å². The lowest BCUT2D eigenvalue weighted by Crippen LogP contribution is -2.32. The summed E-state index contributed by atoms with van der Waals surface area (Å²) in [5.41, 5.74) is 2.92. The van der Waals surface area contributed by atoms with Gasteiger partial charge in [0.25, 0.3) is 0 Å². The molecule has 1 rings (SSSR count). The van der Waals surface area contributed by atoms with E-state index in [0.29, 0.717) is 5.41 Å². The molecule has 3 nitrogen and oxygen atoms in total. The molecule has 0 aliphatic rings. The number of hydrogen-bond acceptors (Lipinski definition) is 2. The van der Waals surface area contributed by atoms with Gasteiger partial charge in [-0.3, -0.25) is 4.68 Å². The molecule has 0 bridgehead atoms. The van der Waals surface area contributed by atoms with Crippen LogP contribution in [0.5, 0.6) is 0 Å². The van der Waals surface area contributed by atoms with Gasteiger partial charge in [0.05, 0.1) is 5.69 Å². The predicted molar refractivity (Wildman–Crippen MR) is 73.3 cm³/mol. The third-order valence-electron chi connectivity index (χ3n) is 3.64. The Bertz CT molecular complexity index is 343. The number of nitrogens with zero attached hydrogens (tertiary/aromatic N) is 2. The smallest absolute Gasteiger partial charge is 0.0624 e. The van der Waals surface area contributed by atoms with E-state index in [0.717, 1.165) is 25.9 Å². The van der Waals surface area contributed by atoms with Crippen LogP contribution in [-0.4, -0.2) is 23.4 Å². The van der Waals surface area contributed by atoms with Gasteiger partial charge in [0.1, 0.15) is 0 Å². The first-order valence-corrected chi connectivity index (χ1v) is 6.78. The lowest BCUT2D eigenvalue weighted by atomic mass is 9.82. The summed E-state index contributed by atoms with van der Waals surface area (Å²) in [6, 6.07) is 2.27. The molecule has 3 heteroatoms. The van der Waals surface area contributed by atoms with Crippen molar-refractivity contribution in [3.8, 4) is 0 Å². The highest BCUT2D eigenvalue weighted by Gasteiger charge is 2.23. The fraction of sp³-hybridized carbons (Fsp3) is 0.786. The zero-order valence-corrected chi connectivity index (χ0v) is 12.0. The molecule has 0 aromatic carbocycles. The molecule has 0 amide bonds. The van der Waals surface area contributed by atoms with Gasteiger partial charge >= 0.3 is 0 Å². The Balaban J connectivity index is 2.88. The van der Waals surface area contributed by atoms with E-state index in [9.17, 15) is 0 Å². The Morgan fingerprint density at radius 3 is 2.53 bits per heavy atom. The molecule has 1 aromatic heterocycles. The van der Waals surface area contributed by atoms with Crippen molar-refractivity contribution >= 4 is 0 Å². The van der Waals surface area contributed by atoms with Gasteiger partial charge in [-0.25, -0.2) is 0 Å². The molecule has 1 atom stereocenters. The Morgan fingerprint density at radius 1 is 1.35 bits per heavy atom. The largest absolute Gasteiger partial charge is 0.319 e. The van der Waals surface area contributed by atoms with Gasteiger partial charge in [-0.15, -0.1) is 0 Å². The first-order chi connectivity index (χ1) is 8.08. The van der Waals surface area contributed by atoms with Crippen molar-refractivity contribution in [1.82, 2.24) is 15.1 Å². The number of hydrogen-bond donors (Lipinski definition) is 1. The molecule has 1 unspecified atom stereocenters. The molecule has 1 heterocycles. The van der Waals surface area contributed by atoms with Crippen LogP contribution in [0, 0.1) is 5.41 Å². The average molecular weight is 237 g/mol. The lowest BCUT2D eigenvalue weighted by Gasteiger charge is -2.28. The quantitative estimate of drug-likeness (QED) is 0.790. The van der Waals surface area contributed by atoms with Crippen molar-refractivity contribution < 1.29 is 0 Å². The van der Waals surface area contributed by atoms with Gasteiger partial charge in [0.15, 0.2) is 0 Å². The minimum absolute atomic E-state index is 0.326. The van der Waals surface area contributed by atoms with Crippen molar-refractivity contribution in [2.45, 2.75) is 53.5 Å². The Kier molecular flexibility index (Phi) is 5.19. The number of aryl methyl sites for hydroxylation is 2. The SMILES string of the molecule is CCc1cc(CC(C)(CC)CNC)n(CC)n1. The molecule has 0 saturated heterocycles. The maximum Gasteiger partial charge on any atom is 0.0624 e. The summed E-state index contributed by atoms with van der Waals surface area (Å²) < 4.78 is 2.16. The summed E-state index contributed by atoms with van der Waals surface area (Å²) in [7, 11) is 2.03. The van der Waals surface area contributed by atoms with Crippen LogP contribution < -0.4 is 5.32 Å². The van der Waals surface area contributed by atoms with E-state index >= 15 is 0 Å². The van der Waals surface area contributed by atoms with Crippen LogP contribution in [-0.2, 0) is 19.4 Å². The van der Waals surface area contributed by atoms with Crippen LogP contribution in [0.2, 0.25) is 0 Å². The minimum atomic E-state index is 0.326. The van der Waals surface area contributed by atoms with Gasteiger partial charge in [-0.05, 0) is 44.7 Å². The lowest BCUT2D eigenvalue weighted by molar-refractivity contribution is 0.290. The highest BCUT2D eigenvalue weighted by atomic mass is 15.3. The average Bonchev–Trinajstić information content (AvgIpc) is 2.71. The molecule has 98 valence electrons. The monoisotopic (exact) mass is 237 g/mol. The maximum atomic E-state index is 4.62. The van der Waals surface area contributed by atoms with Crippen molar-refractivity contribution in [3.63, 3.8) is 0 Å². The normalized spacial score (nSPS) is 14.9. The fourth-order valence-electron chi connectivity index (χ4n) is 2.28. The Hall–Kier alpha value is -0.830. The molecule has 1 aromatic rings. The molecule has 0 aliphatic heterocycles. The van der Waals surface area contributed by atoms with E-state index in [4.69, 9.17) is 0 Å². The van der Waals surface area contributed by atoms with Gasteiger partial charge in [-0.1, -0.05) is 20.8 Å². The van der Waals surface area contributed by atoms with E-state index < -0.39 is 0 Å². The molecular formula is C14H27N3. The van der Waals surface area contributed by atoms with Crippen LogP contribution in [0.15, 0.2) is 6.07 Å². The predicted octanol–water partition coefficient (Wildman–Crippen LogP) is 2.64. The second-order valence-electron chi connectivity index (χ2n) is 5.17. The molecule has 0 spiro atoms. The summed E-state index contributed by atoms with van der Waals surface area (Å²) >= 11 is 0. The Morgan fingerprint density at radius 2 is 2.06 bits per heavy atom. The van der Waals surface area contributed by atoms with Gasteiger partial charge in [-0.2, -0.15) is 5.10 Å². The second-order valence-corrected chi connectivity index (χ2v) is 5.17. The fourth-order valence-corrected chi connectivity index (χ4v) is 2.28. The van der Waals surface area contributed by atoms with Crippen LogP contribution in [0.1, 0.15) is 45.5 Å². The molecule has 0 saturated carbocycles. The van der Waals surface area contributed by atoms with E-state index in [-0.39, 0.29) is 0 Å². The molecular weight excluding hydrogens is 210 g/mol. The summed E-state index contributed by atoms with van der Waals surface area (Å²) in [6.45, 7) is 11.0. The first kappa shape index (κ1) is 14.2. The second kappa shape index (κ2) is 6.20. The first-order valence-electron chi connectivity index (χ1n) is 6.78. The van der Waals surface area contributed by atoms with E-state index in [1.807, 2.05) is 7.05 Å². The highest BCUT2D eigenvalue weighted by Crippen LogP contribution is 2.26. The summed E-state index contributed by atoms with van der Waals surface area (Å²) in [4.78, 5) is 0. The maximum absolute atomic E-state index is 4.62. The molecule has 17 heavy (non-hydrogen) atoms. The summed E-state index contributed by atoms with van der Waals surface area (Å²) in [5, 5.41) is 7.93. The number of nitrogens with one attached hydrogen (secondary N) is 1. The highest BCUT2D eigenvalue weighted by molar-refractivity contribution is 5.12. The minimum Gasteiger partial charge on any atom is -0.319 e. The standard InChI is InChI=1S/C14H27N3/c1-6-12-9-13(17(8-3)16-12)10-14(4,7-2)11-15-5/h9,15H,6-8,10-11H2,1-5H3. The van der Waals surface area contributed by atoms with Crippen molar-refractivity contribution in [1.29, 1.82) is 0 Å². The molecule has 0 aliphatic carbocycles. The van der Waals surface area contributed by atoms with Crippen molar-refractivity contribution in [2.75, 3.05) is 13.6 Å². The zero-order chi connectivity index (χ0) is 12.9. The van der Waals surface area contributed by atoms with Crippen molar-refractivity contribution in [3.05, 3.63) is 17.5 Å². The number of aromatic nitrogens is 2. The van der Waals surface area contributed by atoms with E-state index in [1.54, 1.807) is 0 Å².